The third-order valence-corrected chi connectivity index (χ3v) is 2.62. The molecular weight excluding hydrogens is 238 g/mol. The van der Waals surface area contributed by atoms with Gasteiger partial charge in [0.15, 0.2) is 0 Å². The molecule has 18 heavy (non-hydrogen) atoms. The fourth-order valence-corrected chi connectivity index (χ4v) is 1.58. The molecule has 1 aromatic carbocycles. The van der Waals surface area contributed by atoms with Gasteiger partial charge in [0.2, 0.25) is 0 Å². The molecule has 0 aliphatic heterocycles. The largest absolute Gasteiger partial charge is 0.466 e. The minimum Gasteiger partial charge on any atom is -0.466 e. The van der Waals surface area contributed by atoms with E-state index in [-0.39, 0.29) is 24.4 Å². The van der Waals surface area contributed by atoms with Crippen molar-refractivity contribution in [2.75, 3.05) is 6.61 Å². The van der Waals surface area contributed by atoms with Crippen LogP contribution in [-0.2, 0) is 16.0 Å². The van der Waals surface area contributed by atoms with Gasteiger partial charge in [-0.3, -0.25) is 4.79 Å². The Balaban J connectivity index is 2.31. The third kappa shape index (κ3) is 5.25. The van der Waals surface area contributed by atoms with Crippen molar-refractivity contribution < 1.29 is 18.3 Å². The zero-order valence-corrected chi connectivity index (χ0v) is 10.5. The van der Waals surface area contributed by atoms with Gasteiger partial charge in [0, 0.05) is 6.42 Å². The molecule has 0 saturated carbocycles. The molecule has 0 heterocycles. The summed E-state index contributed by atoms with van der Waals surface area (Å²) in [4.78, 5) is 11.3. The molecule has 0 bridgehead atoms. The van der Waals surface area contributed by atoms with Gasteiger partial charge in [-0.25, -0.2) is 8.78 Å². The van der Waals surface area contributed by atoms with Gasteiger partial charge in [-0.15, -0.1) is 0 Å². The summed E-state index contributed by atoms with van der Waals surface area (Å²) in [7, 11) is 0. The number of hydrogen-bond acceptors (Lipinski definition) is 2. The number of carbonyl (C=O) groups excluding carboxylic acids is 1. The van der Waals surface area contributed by atoms with Crippen molar-refractivity contribution in [3.63, 3.8) is 0 Å². The highest BCUT2D eigenvalue weighted by Crippen LogP contribution is 2.12. The molecule has 0 fully saturated rings. The van der Waals surface area contributed by atoms with E-state index in [9.17, 15) is 13.6 Å². The summed E-state index contributed by atoms with van der Waals surface area (Å²) in [5.41, 5.74) is 0.209. The van der Waals surface area contributed by atoms with Gasteiger partial charge in [-0.2, -0.15) is 0 Å². The Labute approximate surface area is 106 Å². The maximum Gasteiger partial charge on any atom is 0.306 e. The van der Waals surface area contributed by atoms with Crippen LogP contribution in [0.4, 0.5) is 8.78 Å². The Bertz CT molecular complexity index is 391. The molecule has 4 heteroatoms. The van der Waals surface area contributed by atoms with Gasteiger partial charge >= 0.3 is 5.97 Å². The predicted octanol–water partition coefficient (Wildman–Crippen LogP) is 3.63. The number of ether oxygens (including phenoxy) is 1. The first-order valence-corrected chi connectivity index (χ1v) is 6.23. The maximum absolute atomic E-state index is 13.3. The van der Waals surface area contributed by atoms with E-state index >= 15 is 0 Å². The standard InChI is InChI=1S/C14H18F2O2/c1-2-3-4-9-18-14(17)8-5-11-10-12(15)6-7-13(11)16/h6-7,10H,2-5,8-9H2,1H3. The normalized spacial score (nSPS) is 10.4. The summed E-state index contributed by atoms with van der Waals surface area (Å²) in [5.74, 6) is -1.35. The summed E-state index contributed by atoms with van der Waals surface area (Å²) >= 11 is 0. The lowest BCUT2D eigenvalue weighted by molar-refractivity contribution is -0.143. The van der Waals surface area contributed by atoms with Crippen molar-refractivity contribution >= 4 is 5.97 Å². The first kappa shape index (κ1) is 14.6. The van der Waals surface area contributed by atoms with Gasteiger partial charge < -0.3 is 4.74 Å². The lowest BCUT2D eigenvalue weighted by Crippen LogP contribution is -2.07. The molecule has 0 N–H and O–H groups in total. The second-order valence-electron chi connectivity index (χ2n) is 4.16. The van der Waals surface area contributed by atoms with Crippen LogP contribution in [0.5, 0.6) is 0 Å². The summed E-state index contributed by atoms with van der Waals surface area (Å²) in [5, 5.41) is 0. The summed E-state index contributed by atoms with van der Waals surface area (Å²) < 4.78 is 31.1. The Morgan fingerprint density at radius 2 is 2.06 bits per heavy atom. The molecule has 0 aliphatic carbocycles. The highest BCUT2D eigenvalue weighted by Gasteiger charge is 2.08. The molecule has 1 aromatic rings. The third-order valence-electron chi connectivity index (χ3n) is 2.62. The Kier molecular flexibility index (Phi) is 6.33. The molecule has 0 atom stereocenters. The fourth-order valence-electron chi connectivity index (χ4n) is 1.58. The molecule has 0 radical (unpaired) electrons. The van der Waals surface area contributed by atoms with Crippen LogP contribution in [0.15, 0.2) is 18.2 Å². The van der Waals surface area contributed by atoms with Gasteiger partial charge in [0.05, 0.1) is 6.61 Å². The number of esters is 1. The zero-order chi connectivity index (χ0) is 13.4. The Hall–Kier alpha value is -1.45. The molecule has 0 aromatic heterocycles. The second-order valence-corrected chi connectivity index (χ2v) is 4.16. The lowest BCUT2D eigenvalue weighted by atomic mass is 10.1. The van der Waals surface area contributed by atoms with Crippen molar-refractivity contribution in [3.05, 3.63) is 35.4 Å². The van der Waals surface area contributed by atoms with Crippen LogP contribution < -0.4 is 0 Å². The SMILES string of the molecule is CCCCCOC(=O)CCc1cc(F)ccc1F. The molecule has 2 nitrogen and oxygen atoms in total. The molecule has 100 valence electrons. The monoisotopic (exact) mass is 256 g/mol. The molecule has 0 saturated heterocycles. The summed E-state index contributed by atoms with van der Waals surface area (Å²) in [6.45, 7) is 2.47. The van der Waals surface area contributed by atoms with Crippen molar-refractivity contribution in [1.82, 2.24) is 0 Å². The van der Waals surface area contributed by atoms with E-state index in [2.05, 4.69) is 6.92 Å². The van der Waals surface area contributed by atoms with Gasteiger partial charge in [0.1, 0.15) is 11.6 Å². The Morgan fingerprint density at radius 1 is 1.28 bits per heavy atom. The molecule has 1 rings (SSSR count). The van der Waals surface area contributed by atoms with E-state index in [0.29, 0.717) is 6.61 Å². The quantitative estimate of drug-likeness (QED) is 0.550. The Morgan fingerprint density at radius 3 is 2.78 bits per heavy atom. The first-order chi connectivity index (χ1) is 8.63. The number of aryl methyl sites for hydroxylation is 1. The number of unbranched alkanes of at least 4 members (excludes halogenated alkanes) is 2. The number of rotatable bonds is 7. The molecule has 0 unspecified atom stereocenters. The first-order valence-electron chi connectivity index (χ1n) is 6.23. The average molecular weight is 256 g/mol. The maximum atomic E-state index is 13.3. The van der Waals surface area contributed by atoms with E-state index in [1.165, 1.54) is 0 Å². The van der Waals surface area contributed by atoms with Crippen LogP contribution in [0.25, 0.3) is 0 Å². The molecule has 0 aliphatic rings. The topological polar surface area (TPSA) is 26.3 Å². The summed E-state index contributed by atoms with van der Waals surface area (Å²) in [6, 6.07) is 3.23. The smallest absolute Gasteiger partial charge is 0.306 e. The van der Waals surface area contributed by atoms with Gasteiger partial charge in [-0.05, 0) is 36.6 Å². The van der Waals surface area contributed by atoms with Crippen molar-refractivity contribution in [3.8, 4) is 0 Å². The minimum absolute atomic E-state index is 0.0759. The van der Waals surface area contributed by atoms with Gasteiger partial charge in [0.25, 0.3) is 0 Å². The molecular formula is C14H18F2O2. The number of hydrogen-bond donors (Lipinski definition) is 0. The van der Waals surface area contributed by atoms with Crippen LogP contribution in [0.3, 0.4) is 0 Å². The zero-order valence-electron chi connectivity index (χ0n) is 10.5. The average Bonchev–Trinajstić information content (AvgIpc) is 2.36. The highest BCUT2D eigenvalue weighted by atomic mass is 19.1. The lowest BCUT2D eigenvalue weighted by Gasteiger charge is -2.05. The van der Waals surface area contributed by atoms with Crippen LogP contribution in [0.1, 0.15) is 38.2 Å². The highest BCUT2D eigenvalue weighted by molar-refractivity contribution is 5.69. The van der Waals surface area contributed by atoms with Crippen molar-refractivity contribution in [2.24, 2.45) is 0 Å². The number of halogens is 2. The number of benzene rings is 1. The molecule has 0 amide bonds. The van der Waals surface area contributed by atoms with Crippen LogP contribution in [0.2, 0.25) is 0 Å². The fraction of sp³-hybridized carbons (Fsp3) is 0.500. The van der Waals surface area contributed by atoms with E-state index in [1.807, 2.05) is 0 Å². The second kappa shape index (κ2) is 7.80. The van der Waals surface area contributed by atoms with E-state index in [0.717, 1.165) is 37.5 Å². The van der Waals surface area contributed by atoms with Crippen molar-refractivity contribution in [2.45, 2.75) is 39.0 Å². The minimum atomic E-state index is -0.497. The van der Waals surface area contributed by atoms with Crippen LogP contribution >= 0.6 is 0 Å². The predicted molar refractivity (Wildman–Crippen MR) is 65.2 cm³/mol. The van der Waals surface area contributed by atoms with Gasteiger partial charge in [-0.1, -0.05) is 19.8 Å². The van der Waals surface area contributed by atoms with Crippen LogP contribution in [0, 0.1) is 11.6 Å². The van der Waals surface area contributed by atoms with Crippen molar-refractivity contribution in [1.29, 1.82) is 0 Å². The molecule has 0 spiro atoms. The van der Waals surface area contributed by atoms with Crippen LogP contribution in [-0.4, -0.2) is 12.6 Å². The number of carbonyl (C=O) groups is 1. The van der Waals surface area contributed by atoms with E-state index in [1.54, 1.807) is 0 Å². The van der Waals surface area contributed by atoms with E-state index in [4.69, 9.17) is 4.74 Å². The summed E-state index contributed by atoms with van der Waals surface area (Å²) in [6.07, 6.45) is 3.16. The van der Waals surface area contributed by atoms with E-state index < -0.39 is 11.6 Å².